The summed E-state index contributed by atoms with van der Waals surface area (Å²) in [6, 6.07) is 2.54. The van der Waals surface area contributed by atoms with Gasteiger partial charge in [-0.3, -0.25) is 4.90 Å². The van der Waals surface area contributed by atoms with E-state index in [1.54, 1.807) is 6.26 Å². The molecule has 0 aromatic carbocycles. The molecule has 1 aromatic rings. The molecule has 1 fully saturated rings. The molecular weight excluding hydrogens is 164 g/mol. The first-order valence-electron chi connectivity index (χ1n) is 4.85. The summed E-state index contributed by atoms with van der Waals surface area (Å²) < 4.78 is 5.08. The molecule has 0 saturated carbocycles. The van der Waals surface area contributed by atoms with Crippen LogP contribution in [0.25, 0.3) is 0 Å². The Morgan fingerprint density at radius 2 is 2.23 bits per heavy atom. The maximum absolute atomic E-state index is 5.08. The van der Waals surface area contributed by atoms with Gasteiger partial charge in [0.05, 0.1) is 12.5 Å². The molecule has 3 nitrogen and oxygen atoms in total. The van der Waals surface area contributed by atoms with Crippen LogP contribution in [0.1, 0.15) is 18.5 Å². The van der Waals surface area contributed by atoms with Crippen molar-refractivity contribution >= 4 is 0 Å². The van der Waals surface area contributed by atoms with Crippen molar-refractivity contribution in [2.75, 3.05) is 26.2 Å². The zero-order chi connectivity index (χ0) is 9.10. The van der Waals surface area contributed by atoms with Crippen molar-refractivity contribution < 1.29 is 4.42 Å². The molecule has 72 valence electrons. The molecule has 0 unspecified atom stereocenters. The minimum atomic E-state index is 0.487. The molecule has 1 N–H and O–H groups in total. The summed E-state index contributed by atoms with van der Waals surface area (Å²) in [7, 11) is 0. The molecule has 0 aliphatic carbocycles. The van der Waals surface area contributed by atoms with Gasteiger partial charge in [-0.25, -0.2) is 0 Å². The number of hydrogen-bond acceptors (Lipinski definition) is 3. The summed E-state index contributed by atoms with van der Waals surface area (Å²) in [6.45, 7) is 6.69. The van der Waals surface area contributed by atoms with Crippen molar-refractivity contribution in [3.8, 4) is 0 Å². The van der Waals surface area contributed by atoms with E-state index < -0.39 is 0 Å². The summed E-state index contributed by atoms with van der Waals surface area (Å²) in [4.78, 5) is 2.47. The van der Waals surface area contributed by atoms with Gasteiger partial charge in [0.1, 0.15) is 0 Å². The topological polar surface area (TPSA) is 28.4 Å². The second kappa shape index (κ2) is 3.94. The van der Waals surface area contributed by atoms with Gasteiger partial charge < -0.3 is 9.73 Å². The number of hydrogen-bond donors (Lipinski definition) is 1. The highest BCUT2D eigenvalue weighted by molar-refractivity contribution is 5.10. The van der Waals surface area contributed by atoms with E-state index in [1.165, 1.54) is 5.56 Å². The molecule has 0 radical (unpaired) electrons. The van der Waals surface area contributed by atoms with E-state index in [1.807, 2.05) is 12.3 Å². The molecule has 2 rings (SSSR count). The predicted octanol–water partition coefficient (Wildman–Crippen LogP) is 1.25. The molecule has 0 amide bonds. The second-order valence-electron chi connectivity index (χ2n) is 3.52. The molecule has 3 heteroatoms. The van der Waals surface area contributed by atoms with E-state index in [9.17, 15) is 0 Å². The second-order valence-corrected chi connectivity index (χ2v) is 3.52. The van der Waals surface area contributed by atoms with Crippen molar-refractivity contribution in [2.45, 2.75) is 13.0 Å². The fourth-order valence-electron chi connectivity index (χ4n) is 1.79. The van der Waals surface area contributed by atoms with Crippen LogP contribution in [0.15, 0.2) is 23.0 Å². The first-order valence-corrected chi connectivity index (χ1v) is 4.85. The van der Waals surface area contributed by atoms with Crippen LogP contribution in [0.3, 0.4) is 0 Å². The average molecular weight is 180 g/mol. The lowest BCUT2D eigenvalue weighted by molar-refractivity contribution is 0.185. The fourth-order valence-corrected chi connectivity index (χ4v) is 1.79. The third kappa shape index (κ3) is 1.92. The minimum absolute atomic E-state index is 0.487. The zero-order valence-electron chi connectivity index (χ0n) is 7.99. The third-order valence-corrected chi connectivity index (χ3v) is 2.72. The smallest absolute Gasteiger partial charge is 0.0950 e. The summed E-state index contributed by atoms with van der Waals surface area (Å²) in [6.07, 6.45) is 3.58. The first kappa shape index (κ1) is 8.78. The summed E-state index contributed by atoms with van der Waals surface area (Å²) in [5, 5.41) is 3.35. The molecule has 1 saturated heterocycles. The Morgan fingerprint density at radius 3 is 2.85 bits per heavy atom. The minimum Gasteiger partial charge on any atom is -0.472 e. The first-order chi connectivity index (χ1) is 6.38. The van der Waals surface area contributed by atoms with Crippen LogP contribution < -0.4 is 5.32 Å². The average Bonchev–Trinajstić information content (AvgIpc) is 2.71. The summed E-state index contributed by atoms with van der Waals surface area (Å²) in [5.41, 5.74) is 1.28. The van der Waals surface area contributed by atoms with Crippen molar-refractivity contribution in [1.29, 1.82) is 0 Å². The number of nitrogens with zero attached hydrogens (tertiary/aromatic N) is 1. The molecule has 0 bridgehead atoms. The van der Waals surface area contributed by atoms with E-state index in [-0.39, 0.29) is 0 Å². The van der Waals surface area contributed by atoms with Crippen LogP contribution in [-0.4, -0.2) is 31.1 Å². The Hall–Kier alpha value is -0.800. The Balaban J connectivity index is 1.99. The molecule has 2 heterocycles. The van der Waals surface area contributed by atoms with E-state index >= 15 is 0 Å². The van der Waals surface area contributed by atoms with Gasteiger partial charge in [-0.1, -0.05) is 0 Å². The lowest BCUT2D eigenvalue weighted by atomic mass is 10.1. The fraction of sp³-hybridized carbons (Fsp3) is 0.600. The SMILES string of the molecule is C[C@@H](c1ccoc1)N1CCNCC1. The number of rotatable bonds is 2. The standard InChI is InChI=1S/C10H16N2O/c1-9(10-2-7-13-8-10)12-5-3-11-4-6-12/h2,7-9,11H,3-6H2,1H3/t9-/m0/s1. The van der Waals surface area contributed by atoms with E-state index in [0.717, 1.165) is 26.2 Å². The quantitative estimate of drug-likeness (QED) is 0.742. The molecule has 1 aliphatic heterocycles. The molecular formula is C10H16N2O. The van der Waals surface area contributed by atoms with Crippen molar-refractivity contribution in [1.82, 2.24) is 10.2 Å². The van der Waals surface area contributed by atoms with Gasteiger partial charge in [0.2, 0.25) is 0 Å². The summed E-state index contributed by atoms with van der Waals surface area (Å²) in [5.74, 6) is 0. The third-order valence-electron chi connectivity index (χ3n) is 2.72. The highest BCUT2D eigenvalue weighted by atomic mass is 16.3. The van der Waals surface area contributed by atoms with Gasteiger partial charge >= 0.3 is 0 Å². The van der Waals surface area contributed by atoms with Gasteiger partial charge in [0, 0.05) is 37.8 Å². The number of furan rings is 1. The highest BCUT2D eigenvalue weighted by Gasteiger charge is 2.18. The Morgan fingerprint density at radius 1 is 1.46 bits per heavy atom. The Kier molecular flexibility index (Phi) is 2.66. The molecule has 1 atom stereocenters. The van der Waals surface area contributed by atoms with E-state index in [4.69, 9.17) is 4.42 Å². The van der Waals surface area contributed by atoms with Gasteiger partial charge in [-0.05, 0) is 13.0 Å². The lowest BCUT2D eigenvalue weighted by Crippen LogP contribution is -2.44. The van der Waals surface area contributed by atoms with Gasteiger partial charge in [-0.15, -0.1) is 0 Å². The number of nitrogens with one attached hydrogen (secondary N) is 1. The van der Waals surface area contributed by atoms with Gasteiger partial charge in [-0.2, -0.15) is 0 Å². The maximum atomic E-state index is 5.08. The van der Waals surface area contributed by atoms with Crippen molar-refractivity contribution in [3.05, 3.63) is 24.2 Å². The van der Waals surface area contributed by atoms with Crippen LogP contribution in [0.5, 0.6) is 0 Å². The van der Waals surface area contributed by atoms with Crippen LogP contribution in [0.2, 0.25) is 0 Å². The monoisotopic (exact) mass is 180 g/mol. The van der Waals surface area contributed by atoms with E-state index in [0.29, 0.717) is 6.04 Å². The van der Waals surface area contributed by atoms with Gasteiger partial charge in [0.15, 0.2) is 0 Å². The van der Waals surface area contributed by atoms with Crippen molar-refractivity contribution in [2.24, 2.45) is 0 Å². The van der Waals surface area contributed by atoms with Crippen molar-refractivity contribution in [3.63, 3.8) is 0 Å². The van der Waals surface area contributed by atoms with Crippen LogP contribution in [0, 0.1) is 0 Å². The predicted molar refractivity (Wildman–Crippen MR) is 51.6 cm³/mol. The van der Waals surface area contributed by atoms with Crippen LogP contribution >= 0.6 is 0 Å². The maximum Gasteiger partial charge on any atom is 0.0950 e. The van der Waals surface area contributed by atoms with Gasteiger partial charge in [0.25, 0.3) is 0 Å². The largest absolute Gasteiger partial charge is 0.472 e. The Bertz CT molecular complexity index is 239. The lowest BCUT2D eigenvalue weighted by Gasteiger charge is -2.32. The van der Waals surface area contributed by atoms with E-state index in [2.05, 4.69) is 17.1 Å². The zero-order valence-corrected chi connectivity index (χ0v) is 7.99. The number of piperazine rings is 1. The highest BCUT2D eigenvalue weighted by Crippen LogP contribution is 2.20. The molecule has 1 aromatic heterocycles. The summed E-state index contributed by atoms with van der Waals surface area (Å²) >= 11 is 0. The normalized spacial score (nSPS) is 21.6. The van der Waals surface area contributed by atoms with Crippen LogP contribution in [-0.2, 0) is 0 Å². The molecule has 13 heavy (non-hydrogen) atoms. The molecule has 1 aliphatic rings. The Labute approximate surface area is 78.7 Å². The van der Waals surface area contributed by atoms with Crippen LogP contribution in [0.4, 0.5) is 0 Å². The molecule has 0 spiro atoms.